The van der Waals surface area contributed by atoms with Crippen molar-refractivity contribution < 1.29 is 19.4 Å². The first-order valence-electron chi connectivity index (χ1n) is 8.17. The fraction of sp³-hybridized carbons (Fsp3) is 0.611. The van der Waals surface area contributed by atoms with Crippen molar-refractivity contribution in [3.63, 3.8) is 0 Å². The van der Waals surface area contributed by atoms with Crippen LogP contribution in [0.5, 0.6) is 11.5 Å². The lowest BCUT2D eigenvalue weighted by atomic mass is 9.78. The van der Waals surface area contributed by atoms with E-state index in [-0.39, 0.29) is 24.3 Å². The molecule has 128 valence electrons. The summed E-state index contributed by atoms with van der Waals surface area (Å²) in [5.41, 5.74) is 0.681. The highest BCUT2D eigenvalue weighted by Crippen LogP contribution is 2.34. The van der Waals surface area contributed by atoms with Gasteiger partial charge in [-0.2, -0.15) is 0 Å². The third-order valence-electron chi connectivity index (χ3n) is 4.93. The maximum Gasteiger partial charge on any atom is 0.227 e. The topological polar surface area (TPSA) is 59.0 Å². The molecule has 0 bridgehead atoms. The highest BCUT2D eigenvalue weighted by molar-refractivity contribution is 5.80. The van der Waals surface area contributed by atoms with Crippen LogP contribution in [0.4, 0.5) is 0 Å². The van der Waals surface area contributed by atoms with Gasteiger partial charge in [-0.1, -0.05) is 19.1 Å². The van der Waals surface area contributed by atoms with E-state index in [9.17, 15) is 9.90 Å². The maximum atomic E-state index is 12.7. The molecule has 2 rings (SSSR count). The smallest absolute Gasteiger partial charge is 0.227 e. The van der Waals surface area contributed by atoms with E-state index in [0.29, 0.717) is 18.0 Å². The van der Waals surface area contributed by atoms with Gasteiger partial charge in [0.05, 0.1) is 27.2 Å². The molecule has 1 atom stereocenters. The van der Waals surface area contributed by atoms with E-state index in [2.05, 4.69) is 6.92 Å². The lowest BCUT2D eigenvalue weighted by Gasteiger charge is -2.41. The van der Waals surface area contributed by atoms with E-state index < -0.39 is 0 Å². The van der Waals surface area contributed by atoms with Gasteiger partial charge in [-0.3, -0.25) is 4.79 Å². The SMILES string of the molecule is CC[C@@]1(CO)CCCN(C(=O)Cc2cccc(OC)c2OC)C1. The minimum atomic E-state index is -0.146. The molecule has 23 heavy (non-hydrogen) atoms. The summed E-state index contributed by atoms with van der Waals surface area (Å²) in [4.78, 5) is 14.6. The molecule has 1 aliphatic heterocycles. The quantitative estimate of drug-likeness (QED) is 0.873. The third kappa shape index (κ3) is 3.78. The Labute approximate surface area is 138 Å². The van der Waals surface area contributed by atoms with Crippen molar-refractivity contribution >= 4 is 5.91 Å². The normalized spacial score (nSPS) is 21.1. The molecule has 1 fully saturated rings. The molecule has 1 aliphatic rings. The van der Waals surface area contributed by atoms with Gasteiger partial charge >= 0.3 is 0 Å². The van der Waals surface area contributed by atoms with Crippen LogP contribution in [0.25, 0.3) is 0 Å². The van der Waals surface area contributed by atoms with Crippen molar-refractivity contribution in [3.8, 4) is 11.5 Å². The van der Waals surface area contributed by atoms with E-state index in [0.717, 1.165) is 31.4 Å². The summed E-state index contributed by atoms with van der Waals surface area (Å²) < 4.78 is 10.7. The van der Waals surface area contributed by atoms with Gasteiger partial charge < -0.3 is 19.5 Å². The summed E-state index contributed by atoms with van der Waals surface area (Å²) in [5.74, 6) is 1.32. The molecule has 5 heteroatoms. The van der Waals surface area contributed by atoms with Crippen molar-refractivity contribution in [2.45, 2.75) is 32.6 Å². The lowest BCUT2D eigenvalue weighted by Crippen LogP contribution is -2.48. The molecule has 1 heterocycles. The molecule has 1 N–H and O–H groups in total. The number of aliphatic hydroxyl groups is 1. The largest absolute Gasteiger partial charge is 0.493 e. The van der Waals surface area contributed by atoms with Crippen molar-refractivity contribution in [3.05, 3.63) is 23.8 Å². The van der Waals surface area contributed by atoms with Gasteiger partial charge in [-0.05, 0) is 25.3 Å². The summed E-state index contributed by atoms with van der Waals surface area (Å²) in [7, 11) is 3.17. The minimum Gasteiger partial charge on any atom is -0.493 e. The number of hydrogen-bond donors (Lipinski definition) is 1. The fourth-order valence-corrected chi connectivity index (χ4v) is 3.32. The van der Waals surface area contributed by atoms with Gasteiger partial charge in [0.15, 0.2) is 11.5 Å². The van der Waals surface area contributed by atoms with Crippen molar-refractivity contribution in [2.24, 2.45) is 5.41 Å². The van der Waals surface area contributed by atoms with Crippen LogP contribution in [-0.2, 0) is 11.2 Å². The molecule has 0 spiro atoms. The number of carbonyl (C=O) groups excluding carboxylic acids is 1. The Morgan fingerprint density at radius 1 is 1.35 bits per heavy atom. The predicted molar refractivity (Wildman–Crippen MR) is 88.9 cm³/mol. The molecule has 0 unspecified atom stereocenters. The van der Waals surface area contributed by atoms with E-state index in [1.54, 1.807) is 14.2 Å². The van der Waals surface area contributed by atoms with Crippen LogP contribution in [0, 0.1) is 5.41 Å². The monoisotopic (exact) mass is 321 g/mol. The van der Waals surface area contributed by atoms with Crippen molar-refractivity contribution in [2.75, 3.05) is 33.9 Å². The van der Waals surface area contributed by atoms with Crippen LogP contribution >= 0.6 is 0 Å². The first-order valence-corrected chi connectivity index (χ1v) is 8.17. The lowest BCUT2D eigenvalue weighted by molar-refractivity contribution is -0.134. The molecule has 5 nitrogen and oxygen atoms in total. The molecule has 1 aromatic rings. The Morgan fingerprint density at radius 2 is 2.13 bits per heavy atom. The summed E-state index contributed by atoms with van der Waals surface area (Å²) in [5, 5.41) is 9.71. The standard InChI is InChI=1S/C18H27NO4/c1-4-18(13-20)9-6-10-19(12-18)16(21)11-14-7-5-8-15(22-2)17(14)23-3/h5,7-8,20H,4,6,9-13H2,1-3H3/t18-/m1/s1. The van der Waals surface area contributed by atoms with Gasteiger partial charge in [0.2, 0.25) is 5.91 Å². The van der Waals surface area contributed by atoms with Gasteiger partial charge in [-0.15, -0.1) is 0 Å². The number of carbonyl (C=O) groups is 1. The summed E-state index contributed by atoms with van der Waals surface area (Å²) in [6, 6.07) is 5.58. The van der Waals surface area contributed by atoms with Gasteiger partial charge in [0, 0.05) is 24.1 Å². The molecule has 1 aromatic carbocycles. The molecule has 1 amide bonds. The molecule has 0 aromatic heterocycles. The number of aliphatic hydroxyl groups excluding tert-OH is 1. The number of rotatable bonds is 6. The second-order valence-corrected chi connectivity index (χ2v) is 6.26. The number of amides is 1. The summed E-state index contributed by atoms with van der Waals surface area (Å²) in [6.45, 7) is 3.60. The number of likely N-dealkylation sites (tertiary alicyclic amines) is 1. The third-order valence-corrected chi connectivity index (χ3v) is 4.93. The molecule has 0 aliphatic carbocycles. The van der Waals surface area contributed by atoms with E-state index in [4.69, 9.17) is 9.47 Å². The van der Waals surface area contributed by atoms with Gasteiger partial charge in [0.1, 0.15) is 0 Å². The van der Waals surface area contributed by atoms with Crippen molar-refractivity contribution in [1.82, 2.24) is 4.90 Å². The number of nitrogens with zero attached hydrogens (tertiary/aromatic N) is 1. The second-order valence-electron chi connectivity index (χ2n) is 6.26. The van der Waals surface area contributed by atoms with E-state index in [1.165, 1.54) is 0 Å². The van der Waals surface area contributed by atoms with Crippen LogP contribution in [0.1, 0.15) is 31.7 Å². The first-order chi connectivity index (χ1) is 11.1. The Balaban J connectivity index is 2.13. The fourth-order valence-electron chi connectivity index (χ4n) is 3.32. The first kappa shape index (κ1) is 17.6. The van der Waals surface area contributed by atoms with Crippen molar-refractivity contribution in [1.29, 1.82) is 0 Å². The van der Waals surface area contributed by atoms with Crippen LogP contribution in [0.15, 0.2) is 18.2 Å². The van der Waals surface area contributed by atoms with Crippen LogP contribution in [0.3, 0.4) is 0 Å². The van der Waals surface area contributed by atoms with Gasteiger partial charge in [0.25, 0.3) is 0 Å². The number of benzene rings is 1. The summed E-state index contributed by atoms with van der Waals surface area (Å²) in [6.07, 6.45) is 3.09. The molecular formula is C18H27NO4. The van der Waals surface area contributed by atoms with Crippen LogP contribution < -0.4 is 9.47 Å². The molecule has 0 radical (unpaired) electrons. The minimum absolute atomic E-state index is 0.0718. The number of hydrogen-bond acceptors (Lipinski definition) is 4. The number of piperidine rings is 1. The zero-order valence-electron chi connectivity index (χ0n) is 14.3. The average Bonchev–Trinajstić information content (AvgIpc) is 2.61. The molecular weight excluding hydrogens is 294 g/mol. The second kappa shape index (κ2) is 7.68. The zero-order chi connectivity index (χ0) is 16.9. The number of para-hydroxylation sites is 1. The van der Waals surface area contributed by atoms with Gasteiger partial charge in [-0.25, -0.2) is 0 Å². The van der Waals surface area contributed by atoms with Crippen LogP contribution in [0.2, 0.25) is 0 Å². The van der Waals surface area contributed by atoms with E-state index in [1.807, 2.05) is 23.1 Å². The maximum absolute atomic E-state index is 12.7. The Kier molecular flexibility index (Phi) is 5.88. The Hall–Kier alpha value is -1.75. The number of methoxy groups -OCH3 is 2. The number of ether oxygens (including phenoxy) is 2. The van der Waals surface area contributed by atoms with E-state index >= 15 is 0 Å². The van der Waals surface area contributed by atoms with Crippen LogP contribution in [-0.4, -0.2) is 49.8 Å². The summed E-state index contributed by atoms with van der Waals surface area (Å²) >= 11 is 0. The molecule has 0 saturated carbocycles. The highest BCUT2D eigenvalue weighted by Gasteiger charge is 2.35. The molecule has 1 saturated heterocycles. The highest BCUT2D eigenvalue weighted by atomic mass is 16.5. The predicted octanol–water partition coefficient (Wildman–Crippen LogP) is 2.26. The zero-order valence-corrected chi connectivity index (χ0v) is 14.3. The average molecular weight is 321 g/mol. The Bertz CT molecular complexity index is 540. The Morgan fingerprint density at radius 3 is 2.74 bits per heavy atom.